The SMILES string of the molecule is CCc1cc(C(=O)N(C)CC2CC(O)C2)cc(Cl)n1. The quantitative estimate of drug-likeness (QED) is 0.861. The van der Waals surface area contributed by atoms with Gasteiger partial charge in [-0.05, 0) is 37.3 Å². The highest BCUT2D eigenvalue weighted by atomic mass is 35.5. The number of aliphatic hydroxyl groups excluding tert-OH is 1. The first-order valence-electron chi connectivity index (χ1n) is 6.59. The van der Waals surface area contributed by atoms with Crippen molar-refractivity contribution in [3.8, 4) is 0 Å². The van der Waals surface area contributed by atoms with E-state index >= 15 is 0 Å². The summed E-state index contributed by atoms with van der Waals surface area (Å²) in [5.74, 6) is 0.368. The predicted octanol–water partition coefficient (Wildman–Crippen LogP) is 2.14. The Labute approximate surface area is 118 Å². The van der Waals surface area contributed by atoms with Crippen molar-refractivity contribution in [3.05, 3.63) is 28.5 Å². The molecule has 19 heavy (non-hydrogen) atoms. The average molecular weight is 283 g/mol. The Hall–Kier alpha value is -1.13. The average Bonchev–Trinajstić information content (AvgIpc) is 2.35. The molecule has 1 aromatic rings. The van der Waals surface area contributed by atoms with Crippen LogP contribution in [-0.4, -0.2) is 40.6 Å². The molecule has 0 radical (unpaired) electrons. The van der Waals surface area contributed by atoms with Crippen LogP contribution in [0.15, 0.2) is 12.1 Å². The van der Waals surface area contributed by atoms with E-state index in [0.29, 0.717) is 23.2 Å². The fourth-order valence-electron chi connectivity index (χ4n) is 2.40. The zero-order valence-electron chi connectivity index (χ0n) is 11.3. The summed E-state index contributed by atoms with van der Waals surface area (Å²) in [6, 6.07) is 3.40. The Morgan fingerprint density at radius 1 is 1.53 bits per heavy atom. The van der Waals surface area contributed by atoms with E-state index in [9.17, 15) is 9.90 Å². The van der Waals surface area contributed by atoms with Gasteiger partial charge in [0.05, 0.1) is 6.10 Å². The minimum absolute atomic E-state index is 0.0413. The molecule has 0 aromatic carbocycles. The van der Waals surface area contributed by atoms with Gasteiger partial charge >= 0.3 is 0 Å². The molecular formula is C14H19ClN2O2. The molecule has 1 aliphatic carbocycles. The summed E-state index contributed by atoms with van der Waals surface area (Å²) < 4.78 is 0. The number of halogens is 1. The van der Waals surface area contributed by atoms with Crippen molar-refractivity contribution < 1.29 is 9.90 Å². The first-order chi connectivity index (χ1) is 8.99. The number of carbonyl (C=O) groups excluding carboxylic acids is 1. The molecular weight excluding hydrogens is 264 g/mol. The fourth-order valence-corrected chi connectivity index (χ4v) is 2.62. The van der Waals surface area contributed by atoms with Crippen molar-refractivity contribution >= 4 is 17.5 Å². The Morgan fingerprint density at radius 2 is 2.21 bits per heavy atom. The minimum atomic E-state index is -0.185. The number of nitrogens with zero attached hydrogens (tertiary/aromatic N) is 2. The third-order valence-corrected chi connectivity index (χ3v) is 3.74. The van der Waals surface area contributed by atoms with Crippen molar-refractivity contribution in [2.75, 3.05) is 13.6 Å². The van der Waals surface area contributed by atoms with Gasteiger partial charge in [-0.15, -0.1) is 0 Å². The highest BCUT2D eigenvalue weighted by molar-refractivity contribution is 6.29. The van der Waals surface area contributed by atoms with Crippen LogP contribution in [0, 0.1) is 5.92 Å². The lowest BCUT2D eigenvalue weighted by Crippen LogP contribution is -2.39. The number of aryl methyl sites for hydroxylation is 1. The molecule has 0 saturated heterocycles. The van der Waals surface area contributed by atoms with Crippen LogP contribution in [0.25, 0.3) is 0 Å². The van der Waals surface area contributed by atoms with Crippen molar-refractivity contribution in [1.82, 2.24) is 9.88 Å². The number of aliphatic hydroxyl groups is 1. The molecule has 2 rings (SSSR count). The maximum Gasteiger partial charge on any atom is 0.253 e. The van der Waals surface area contributed by atoms with Crippen molar-refractivity contribution in [2.24, 2.45) is 5.92 Å². The second-order valence-electron chi connectivity index (χ2n) is 5.20. The monoisotopic (exact) mass is 282 g/mol. The van der Waals surface area contributed by atoms with Gasteiger partial charge in [0.1, 0.15) is 5.15 Å². The molecule has 1 saturated carbocycles. The van der Waals surface area contributed by atoms with Crippen LogP contribution in [0.4, 0.5) is 0 Å². The molecule has 0 unspecified atom stereocenters. The van der Waals surface area contributed by atoms with E-state index in [4.69, 9.17) is 11.6 Å². The molecule has 0 bridgehead atoms. The molecule has 1 amide bonds. The second-order valence-corrected chi connectivity index (χ2v) is 5.59. The molecule has 5 heteroatoms. The van der Waals surface area contributed by atoms with Crippen molar-refractivity contribution in [2.45, 2.75) is 32.3 Å². The number of hydrogen-bond acceptors (Lipinski definition) is 3. The van der Waals surface area contributed by atoms with E-state index in [2.05, 4.69) is 4.98 Å². The molecule has 1 fully saturated rings. The van der Waals surface area contributed by atoms with E-state index in [-0.39, 0.29) is 12.0 Å². The van der Waals surface area contributed by atoms with Gasteiger partial charge in [-0.25, -0.2) is 4.98 Å². The van der Waals surface area contributed by atoms with Crippen LogP contribution in [-0.2, 0) is 6.42 Å². The Morgan fingerprint density at radius 3 is 2.79 bits per heavy atom. The summed E-state index contributed by atoms with van der Waals surface area (Å²) in [6.45, 7) is 2.66. The molecule has 0 aliphatic heterocycles. The van der Waals surface area contributed by atoms with Crippen LogP contribution in [0.1, 0.15) is 35.8 Å². The molecule has 0 atom stereocenters. The highest BCUT2D eigenvalue weighted by Gasteiger charge is 2.29. The standard InChI is InChI=1S/C14H19ClN2O2/c1-3-11-6-10(7-13(15)16-11)14(19)17(2)8-9-4-12(18)5-9/h6-7,9,12,18H,3-5,8H2,1-2H3. The summed E-state index contributed by atoms with van der Waals surface area (Å²) in [7, 11) is 1.78. The van der Waals surface area contributed by atoms with Gasteiger partial charge in [-0.3, -0.25) is 4.79 Å². The topological polar surface area (TPSA) is 53.4 Å². The van der Waals surface area contributed by atoms with E-state index in [1.807, 2.05) is 6.92 Å². The summed E-state index contributed by atoms with van der Waals surface area (Å²) in [5.41, 5.74) is 1.41. The van der Waals surface area contributed by atoms with Gasteiger partial charge in [-0.1, -0.05) is 18.5 Å². The summed E-state index contributed by atoms with van der Waals surface area (Å²) in [5, 5.41) is 9.62. The number of pyridine rings is 1. The largest absolute Gasteiger partial charge is 0.393 e. The minimum Gasteiger partial charge on any atom is -0.393 e. The van der Waals surface area contributed by atoms with Crippen molar-refractivity contribution in [1.29, 1.82) is 0 Å². The number of hydrogen-bond donors (Lipinski definition) is 1. The smallest absolute Gasteiger partial charge is 0.253 e. The molecule has 104 valence electrons. The lowest BCUT2D eigenvalue weighted by atomic mass is 9.82. The third-order valence-electron chi connectivity index (χ3n) is 3.55. The Bertz CT molecular complexity index is 473. The molecule has 1 N–H and O–H groups in total. The van der Waals surface area contributed by atoms with Gasteiger partial charge in [0.15, 0.2) is 0 Å². The Balaban J connectivity index is 2.03. The van der Waals surface area contributed by atoms with Gasteiger partial charge in [0.2, 0.25) is 0 Å². The molecule has 1 heterocycles. The first kappa shape index (κ1) is 14.3. The van der Waals surface area contributed by atoms with Crippen LogP contribution >= 0.6 is 11.6 Å². The van der Waals surface area contributed by atoms with Gasteiger partial charge < -0.3 is 10.0 Å². The summed E-state index contributed by atoms with van der Waals surface area (Å²) in [6.07, 6.45) is 2.14. The third kappa shape index (κ3) is 3.45. The zero-order chi connectivity index (χ0) is 14.0. The number of aromatic nitrogens is 1. The van der Waals surface area contributed by atoms with Gasteiger partial charge in [0, 0.05) is 24.8 Å². The van der Waals surface area contributed by atoms with Gasteiger partial charge in [-0.2, -0.15) is 0 Å². The first-order valence-corrected chi connectivity index (χ1v) is 6.97. The number of rotatable bonds is 4. The van der Waals surface area contributed by atoms with Crippen LogP contribution in [0.2, 0.25) is 5.15 Å². The van der Waals surface area contributed by atoms with E-state index < -0.39 is 0 Å². The molecule has 0 spiro atoms. The van der Waals surface area contributed by atoms with Crippen LogP contribution in [0.5, 0.6) is 0 Å². The molecule has 1 aliphatic rings. The lowest BCUT2D eigenvalue weighted by Gasteiger charge is -2.34. The lowest BCUT2D eigenvalue weighted by molar-refractivity contribution is 0.0265. The van der Waals surface area contributed by atoms with Gasteiger partial charge in [0.25, 0.3) is 5.91 Å². The zero-order valence-corrected chi connectivity index (χ0v) is 12.0. The van der Waals surface area contributed by atoms with E-state index in [0.717, 1.165) is 25.0 Å². The predicted molar refractivity (Wildman–Crippen MR) is 74.3 cm³/mol. The summed E-state index contributed by atoms with van der Waals surface area (Å²) in [4.78, 5) is 18.1. The second kappa shape index (κ2) is 5.88. The molecule has 1 aromatic heterocycles. The number of carbonyl (C=O) groups is 1. The van der Waals surface area contributed by atoms with E-state index in [1.54, 1.807) is 24.1 Å². The fraction of sp³-hybridized carbons (Fsp3) is 0.571. The van der Waals surface area contributed by atoms with Crippen LogP contribution < -0.4 is 0 Å². The summed E-state index contributed by atoms with van der Waals surface area (Å²) >= 11 is 5.93. The van der Waals surface area contributed by atoms with E-state index in [1.165, 1.54) is 0 Å². The Kier molecular flexibility index (Phi) is 4.42. The van der Waals surface area contributed by atoms with Crippen molar-refractivity contribution in [3.63, 3.8) is 0 Å². The van der Waals surface area contributed by atoms with Crippen LogP contribution in [0.3, 0.4) is 0 Å². The molecule has 4 nitrogen and oxygen atoms in total. The maximum atomic E-state index is 12.3. The normalized spacial score (nSPS) is 21.9. The maximum absolute atomic E-state index is 12.3. The number of amides is 1. The highest BCUT2D eigenvalue weighted by Crippen LogP contribution is 2.28.